The number of hydrogen-bond donors (Lipinski definition) is 2. The fraction of sp³-hybridized carbons (Fsp3) is 0.214. The average molecular weight is 270 g/mol. The summed E-state index contributed by atoms with van der Waals surface area (Å²) in [6.07, 6.45) is 3.44. The molecule has 0 unspecified atom stereocenters. The number of nitrogens with one attached hydrogen (secondary N) is 1. The molecule has 0 saturated heterocycles. The summed E-state index contributed by atoms with van der Waals surface area (Å²) in [4.78, 5) is 20.1. The van der Waals surface area contributed by atoms with Crippen LogP contribution in [0.15, 0.2) is 30.7 Å². The second-order valence-electron chi connectivity index (χ2n) is 4.03. The lowest BCUT2D eigenvalue weighted by atomic mass is 10.3. The third-order valence-electron chi connectivity index (χ3n) is 2.49. The first-order valence-electron chi connectivity index (χ1n) is 6.05. The van der Waals surface area contributed by atoms with E-state index in [1.54, 1.807) is 36.1 Å². The van der Waals surface area contributed by atoms with Crippen molar-refractivity contribution in [1.82, 2.24) is 14.5 Å². The predicted molar refractivity (Wildman–Crippen MR) is 74.0 cm³/mol. The van der Waals surface area contributed by atoms with E-state index >= 15 is 0 Å². The van der Waals surface area contributed by atoms with Crippen molar-refractivity contribution in [1.29, 1.82) is 0 Å². The van der Waals surface area contributed by atoms with E-state index in [4.69, 9.17) is 5.11 Å². The van der Waals surface area contributed by atoms with Crippen LogP contribution in [0.25, 0.3) is 0 Å². The Bertz CT molecular complexity index is 667. The Hall–Kier alpha value is -2.65. The van der Waals surface area contributed by atoms with Crippen molar-refractivity contribution in [3.05, 3.63) is 42.1 Å². The summed E-state index contributed by atoms with van der Waals surface area (Å²) < 4.78 is 1.63. The second kappa shape index (κ2) is 6.50. The van der Waals surface area contributed by atoms with E-state index in [1.807, 2.05) is 0 Å². The standard InChI is InChI=1S/C14H14N4O2/c1-18-10-15-9-12(18)14(20)17-13-7-4-6-11(16-13)5-2-3-8-19/h4,6-7,9-10,19H,3,8H2,1H3,(H,16,17,20). The number of rotatable bonds is 3. The number of aliphatic hydroxyl groups excluding tert-OH is 1. The van der Waals surface area contributed by atoms with Crippen molar-refractivity contribution >= 4 is 11.7 Å². The zero-order chi connectivity index (χ0) is 14.4. The van der Waals surface area contributed by atoms with Gasteiger partial charge in [0.25, 0.3) is 5.91 Å². The van der Waals surface area contributed by atoms with E-state index in [2.05, 4.69) is 27.1 Å². The molecule has 1 amide bonds. The van der Waals surface area contributed by atoms with Crippen molar-refractivity contribution in [2.24, 2.45) is 7.05 Å². The van der Waals surface area contributed by atoms with Gasteiger partial charge in [0, 0.05) is 13.5 Å². The van der Waals surface area contributed by atoms with Crippen LogP contribution in [0.2, 0.25) is 0 Å². The molecule has 0 aliphatic heterocycles. The number of imidazole rings is 1. The Morgan fingerprint density at radius 3 is 3.05 bits per heavy atom. The topological polar surface area (TPSA) is 80.0 Å². The van der Waals surface area contributed by atoms with Crippen LogP contribution in [0.5, 0.6) is 0 Å². The van der Waals surface area contributed by atoms with E-state index < -0.39 is 0 Å². The highest BCUT2D eigenvalue weighted by Gasteiger charge is 2.10. The van der Waals surface area contributed by atoms with Crippen LogP contribution in [-0.2, 0) is 7.05 Å². The number of hydrogen-bond acceptors (Lipinski definition) is 4. The maximum atomic E-state index is 12.0. The molecule has 0 atom stereocenters. The molecule has 6 heteroatoms. The zero-order valence-electron chi connectivity index (χ0n) is 11.0. The van der Waals surface area contributed by atoms with Gasteiger partial charge in [0.2, 0.25) is 0 Å². The van der Waals surface area contributed by atoms with Crippen LogP contribution in [0.1, 0.15) is 22.6 Å². The Balaban J connectivity index is 2.11. The van der Waals surface area contributed by atoms with Crippen LogP contribution in [0.3, 0.4) is 0 Å². The number of aliphatic hydroxyl groups is 1. The summed E-state index contributed by atoms with van der Waals surface area (Å²) in [6, 6.07) is 5.18. The summed E-state index contributed by atoms with van der Waals surface area (Å²) in [6.45, 7) is 0.0178. The van der Waals surface area contributed by atoms with E-state index in [0.717, 1.165) is 0 Å². The lowest BCUT2D eigenvalue weighted by Crippen LogP contribution is -2.16. The maximum absolute atomic E-state index is 12.0. The van der Waals surface area contributed by atoms with E-state index in [1.165, 1.54) is 6.20 Å². The maximum Gasteiger partial charge on any atom is 0.275 e. The number of carbonyl (C=O) groups excluding carboxylic acids is 1. The molecule has 2 heterocycles. The molecule has 2 aromatic heterocycles. The number of pyridine rings is 1. The van der Waals surface area contributed by atoms with Crippen molar-refractivity contribution in [2.75, 3.05) is 11.9 Å². The van der Waals surface area contributed by atoms with Gasteiger partial charge in [0.05, 0.1) is 19.1 Å². The third-order valence-corrected chi connectivity index (χ3v) is 2.49. The minimum Gasteiger partial charge on any atom is -0.395 e. The van der Waals surface area contributed by atoms with Crippen LogP contribution < -0.4 is 5.32 Å². The van der Waals surface area contributed by atoms with Gasteiger partial charge in [-0.05, 0) is 18.1 Å². The van der Waals surface area contributed by atoms with Crippen molar-refractivity contribution in [3.63, 3.8) is 0 Å². The molecule has 0 aliphatic rings. The molecule has 0 bridgehead atoms. The predicted octanol–water partition coefficient (Wildman–Crippen LogP) is 0.801. The normalized spacial score (nSPS) is 9.70. The van der Waals surface area contributed by atoms with E-state index in [0.29, 0.717) is 23.6 Å². The zero-order valence-corrected chi connectivity index (χ0v) is 11.0. The summed E-state index contributed by atoms with van der Waals surface area (Å²) in [5.74, 6) is 5.74. The number of nitrogens with zero attached hydrogens (tertiary/aromatic N) is 3. The Morgan fingerprint density at radius 2 is 2.35 bits per heavy atom. The molecular weight excluding hydrogens is 256 g/mol. The highest BCUT2D eigenvalue weighted by Crippen LogP contribution is 2.07. The molecule has 2 aromatic rings. The first-order chi connectivity index (χ1) is 9.70. The quantitative estimate of drug-likeness (QED) is 0.808. The minimum absolute atomic E-state index is 0.0178. The van der Waals surface area contributed by atoms with Crippen molar-refractivity contribution < 1.29 is 9.90 Å². The van der Waals surface area contributed by atoms with Crippen LogP contribution in [-0.4, -0.2) is 32.2 Å². The molecule has 0 spiro atoms. The lowest BCUT2D eigenvalue weighted by Gasteiger charge is -2.04. The molecule has 0 fully saturated rings. The highest BCUT2D eigenvalue weighted by atomic mass is 16.2. The first-order valence-corrected chi connectivity index (χ1v) is 6.05. The van der Waals surface area contributed by atoms with Gasteiger partial charge in [-0.1, -0.05) is 12.0 Å². The lowest BCUT2D eigenvalue weighted by molar-refractivity contribution is 0.101. The summed E-state index contributed by atoms with van der Waals surface area (Å²) >= 11 is 0. The van der Waals surface area contributed by atoms with Gasteiger partial charge in [0.15, 0.2) is 0 Å². The Labute approximate surface area is 116 Å². The summed E-state index contributed by atoms with van der Waals surface area (Å²) in [7, 11) is 1.74. The number of anilines is 1. The molecule has 0 aromatic carbocycles. The number of aryl methyl sites for hydroxylation is 1. The third kappa shape index (κ3) is 3.43. The molecular formula is C14H14N4O2. The molecule has 20 heavy (non-hydrogen) atoms. The van der Waals surface area contributed by atoms with Gasteiger partial charge in [0.1, 0.15) is 17.2 Å². The summed E-state index contributed by atoms with van der Waals surface area (Å²) in [5, 5.41) is 11.3. The molecule has 2 N–H and O–H groups in total. The van der Waals surface area contributed by atoms with Gasteiger partial charge in [-0.2, -0.15) is 0 Å². The molecule has 0 aliphatic carbocycles. The van der Waals surface area contributed by atoms with E-state index in [9.17, 15) is 4.79 Å². The SMILES string of the molecule is Cn1cncc1C(=O)Nc1cccc(C#CCCO)n1. The first kappa shape index (κ1) is 13.8. The fourth-order valence-corrected chi connectivity index (χ4v) is 1.54. The molecule has 0 radical (unpaired) electrons. The Kier molecular flexibility index (Phi) is 4.47. The van der Waals surface area contributed by atoms with Crippen molar-refractivity contribution in [2.45, 2.75) is 6.42 Å². The molecule has 2 rings (SSSR count). The molecule has 6 nitrogen and oxygen atoms in total. The molecule has 102 valence electrons. The van der Waals surface area contributed by atoms with E-state index in [-0.39, 0.29) is 12.5 Å². The fourth-order valence-electron chi connectivity index (χ4n) is 1.54. The monoisotopic (exact) mass is 270 g/mol. The van der Waals surface area contributed by atoms with Gasteiger partial charge in [-0.15, -0.1) is 0 Å². The average Bonchev–Trinajstić information content (AvgIpc) is 2.86. The number of amides is 1. The van der Waals surface area contributed by atoms with Crippen LogP contribution >= 0.6 is 0 Å². The van der Waals surface area contributed by atoms with Gasteiger partial charge < -0.3 is 15.0 Å². The smallest absolute Gasteiger partial charge is 0.275 e. The largest absolute Gasteiger partial charge is 0.395 e. The van der Waals surface area contributed by atoms with Crippen molar-refractivity contribution in [3.8, 4) is 11.8 Å². The second-order valence-corrected chi connectivity index (χ2v) is 4.03. The van der Waals surface area contributed by atoms with Gasteiger partial charge in [-0.3, -0.25) is 4.79 Å². The van der Waals surface area contributed by atoms with Crippen LogP contribution in [0, 0.1) is 11.8 Å². The summed E-state index contributed by atoms with van der Waals surface area (Å²) in [5.41, 5.74) is 0.991. The minimum atomic E-state index is -0.280. The Morgan fingerprint density at radius 1 is 1.50 bits per heavy atom. The molecule has 0 saturated carbocycles. The number of carbonyl (C=O) groups is 1. The number of aromatic nitrogens is 3. The highest BCUT2D eigenvalue weighted by molar-refractivity contribution is 6.02. The van der Waals surface area contributed by atoms with Gasteiger partial charge >= 0.3 is 0 Å². The van der Waals surface area contributed by atoms with Gasteiger partial charge in [-0.25, -0.2) is 9.97 Å². The van der Waals surface area contributed by atoms with Crippen LogP contribution in [0.4, 0.5) is 5.82 Å².